The van der Waals surface area contributed by atoms with Crippen LogP contribution in [0.2, 0.25) is 0 Å². The summed E-state index contributed by atoms with van der Waals surface area (Å²) in [6, 6.07) is 3.80. The summed E-state index contributed by atoms with van der Waals surface area (Å²) in [5.41, 5.74) is 0.797. The molecule has 0 aliphatic carbocycles. The Kier molecular flexibility index (Phi) is 4.49. The highest BCUT2D eigenvalue weighted by Crippen LogP contribution is 2.29. The number of nitrogens with zero attached hydrogens (tertiary/aromatic N) is 4. The standard InChI is InChI=1S/C17H16F3N7O/c18-10-7-11-12(9-22-15(11)21-8-10)23-16(28)24-13-1-2-14(26-25-13)27-5-3-17(19,20)4-6-27/h1-2,7-9H,3-6H2,(H,21,22)(H2,23,24,25,28). The molecular weight excluding hydrogens is 375 g/mol. The van der Waals surface area contributed by atoms with Crippen molar-refractivity contribution in [1.29, 1.82) is 0 Å². The molecule has 1 saturated heterocycles. The summed E-state index contributed by atoms with van der Waals surface area (Å²) >= 11 is 0. The molecule has 0 unspecified atom stereocenters. The molecule has 3 aromatic heterocycles. The first-order valence-electron chi connectivity index (χ1n) is 8.57. The van der Waals surface area contributed by atoms with E-state index in [2.05, 4.69) is 30.8 Å². The molecular formula is C17H16F3N7O. The van der Waals surface area contributed by atoms with E-state index in [4.69, 9.17) is 0 Å². The van der Waals surface area contributed by atoms with Crippen LogP contribution >= 0.6 is 0 Å². The Morgan fingerprint density at radius 1 is 1.18 bits per heavy atom. The minimum Gasteiger partial charge on any atom is -0.355 e. The van der Waals surface area contributed by atoms with Crippen LogP contribution in [-0.4, -0.2) is 45.2 Å². The zero-order chi connectivity index (χ0) is 19.7. The van der Waals surface area contributed by atoms with E-state index >= 15 is 0 Å². The van der Waals surface area contributed by atoms with Crippen LogP contribution in [0.1, 0.15) is 12.8 Å². The summed E-state index contributed by atoms with van der Waals surface area (Å²) in [5, 5.41) is 13.4. The molecule has 4 rings (SSSR count). The fraction of sp³-hybridized carbons (Fsp3) is 0.294. The molecule has 0 atom stereocenters. The highest BCUT2D eigenvalue weighted by molar-refractivity contribution is 6.04. The fourth-order valence-corrected chi connectivity index (χ4v) is 2.97. The predicted octanol–water partition coefficient (Wildman–Crippen LogP) is 3.37. The Bertz CT molecular complexity index is 996. The van der Waals surface area contributed by atoms with Gasteiger partial charge in [0.2, 0.25) is 0 Å². The fourth-order valence-electron chi connectivity index (χ4n) is 2.97. The molecule has 2 amide bonds. The first-order chi connectivity index (χ1) is 13.4. The number of fused-ring (bicyclic) bond motifs is 1. The van der Waals surface area contributed by atoms with Gasteiger partial charge in [0.05, 0.1) is 11.9 Å². The minimum atomic E-state index is -2.63. The van der Waals surface area contributed by atoms with E-state index in [1.807, 2.05) is 0 Å². The van der Waals surface area contributed by atoms with Crippen molar-refractivity contribution in [2.75, 3.05) is 28.6 Å². The number of amides is 2. The predicted molar refractivity (Wildman–Crippen MR) is 97.1 cm³/mol. The third kappa shape index (κ3) is 3.82. The van der Waals surface area contributed by atoms with Crippen molar-refractivity contribution in [3.63, 3.8) is 0 Å². The number of carbonyl (C=O) groups is 1. The van der Waals surface area contributed by atoms with Crippen molar-refractivity contribution >= 4 is 34.4 Å². The lowest BCUT2D eigenvalue weighted by atomic mass is 10.1. The summed E-state index contributed by atoms with van der Waals surface area (Å²) in [5.74, 6) is -2.50. The Morgan fingerprint density at radius 3 is 2.68 bits per heavy atom. The maximum Gasteiger partial charge on any atom is 0.324 e. The topological polar surface area (TPSA) is 98.8 Å². The molecule has 1 fully saturated rings. The molecule has 0 saturated carbocycles. The zero-order valence-electron chi connectivity index (χ0n) is 14.5. The maximum absolute atomic E-state index is 13.3. The number of hydrogen-bond donors (Lipinski definition) is 3. The highest BCUT2D eigenvalue weighted by atomic mass is 19.3. The van der Waals surface area contributed by atoms with Crippen molar-refractivity contribution in [3.05, 3.63) is 36.4 Å². The summed E-state index contributed by atoms with van der Waals surface area (Å²) in [4.78, 5) is 20.6. The quantitative estimate of drug-likeness (QED) is 0.636. The summed E-state index contributed by atoms with van der Waals surface area (Å²) in [7, 11) is 0. The number of anilines is 3. The number of hydrogen-bond acceptors (Lipinski definition) is 5. The van der Waals surface area contributed by atoms with Gasteiger partial charge in [0.25, 0.3) is 5.92 Å². The van der Waals surface area contributed by atoms with Crippen molar-refractivity contribution in [2.45, 2.75) is 18.8 Å². The van der Waals surface area contributed by atoms with E-state index in [1.165, 1.54) is 18.3 Å². The van der Waals surface area contributed by atoms with Crippen molar-refractivity contribution < 1.29 is 18.0 Å². The number of alkyl halides is 2. The van der Waals surface area contributed by atoms with Gasteiger partial charge in [-0.2, -0.15) is 0 Å². The largest absolute Gasteiger partial charge is 0.355 e. The number of aromatic amines is 1. The van der Waals surface area contributed by atoms with Crippen LogP contribution in [0.5, 0.6) is 0 Å². The van der Waals surface area contributed by atoms with Crippen LogP contribution in [0.25, 0.3) is 11.0 Å². The van der Waals surface area contributed by atoms with Gasteiger partial charge in [0.1, 0.15) is 11.5 Å². The molecule has 0 spiro atoms. The molecule has 0 aromatic carbocycles. The average Bonchev–Trinajstić information content (AvgIpc) is 3.04. The molecule has 0 bridgehead atoms. The van der Waals surface area contributed by atoms with Crippen molar-refractivity contribution in [3.8, 4) is 0 Å². The number of rotatable bonds is 3. The Hall–Kier alpha value is -3.37. The Balaban J connectivity index is 1.39. The maximum atomic E-state index is 13.3. The molecule has 0 radical (unpaired) electrons. The van der Waals surface area contributed by atoms with Gasteiger partial charge in [-0.15, -0.1) is 10.2 Å². The SMILES string of the molecule is O=C(Nc1ccc(N2CCC(F)(F)CC2)nn1)Nc1c[nH]c2ncc(F)cc12. The van der Waals surface area contributed by atoms with Gasteiger partial charge in [0, 0.05) is 37.5 Å². The van der Waals surface area contributed by atoms with Crippen LogP contribution in [-0.2, 0) is 0 Å². The molecule has 4 heterocycles. The molecule has 3 aromatic rings. The van der Waals surface area contributed by atoms with Crippen LogP contribution < -0.4 is 15.5 Å². The number of carbonyl (C=O) groups excluding carboxylic acids is 1. The number of piperidine rings is 1. The smallest absolute Gasteiger partial charge is 0.324 e. The van der Waals surface area contributed by atoms with Crippen LogP contribution in [0.4, 0.5) is 35.3 Å². The summed E-state index contributed by atoms with van der Waals surface area (Å²) < 4.78 is 39.8. The van der Waals surface area contributed by atoms with E-state index in [0.29, 0.717) is 22.5 Å². The van der Waals surface area contributed by atoms with Crippen LogP contribution in [0.15, 0.2) is 30.6 Å². The van der Waals surface area contributed by atoms with E-state index in [-0.39, 0.29) is 31.7 Å². The normalized spacial score (nSPS) is 16.2. The summed E-state index contributed by atoms with van der Waals surface area (Å²) in [6.45, 7) is 0.389. The van der Waals surface area contributed by atoms with Crippen molar-refractivity contribution in [2.24, 2.45) is 0 Å². The average molecular weight is 391 g/mol. The molecule has 1 aliphatic rings. The number of nitrogens with one attached hydrogen (secondary N) is 3. The first-order valence-corrected chi connectivity index (χ1v) is 8.57. The van der Waals surface area contributed by atoms with Crippen molar-refractivity contribution in [1.82, 2.24) is 20.2 Å². The molecule has 3 N–H and O–H groups in total. The van der Waals surface area contributed by atoms with E-state index < -0.39 is 17.8 Å². The lowest BCUT2D eigenvalue weighted by Crippen LogP contribution is -2.39. The van der Waals surface area contributed by atoms with E-state index in [0.717, 1.165) is 6.20 Å². The van der Waals surface area contributed by atoms with Gasteiger partial charge in [-0.1, -0.05) is 0 Å². The molecule has 146 valence electrons. The number of pyridine rings is 1. The minimum absolute atomic E-state index is 0.188. The third-order valence-corrected chi connectivity index (χ3v) is 4.46. The van der Waals surface area contributed by atoms with E-state index in [9.17, 15) is 18.0 Å². The number of aromatic nitrogens is 4. The van der Waals surface area contributed by atoms with Gasteiger partial charge < -0.3 is 15.2 Å². The van der Waals surface area contributed by atoms with Gasteiger partial charge in [0.15, 0.2) is 11.6 Å². The molecule has 1 aliphatic heterocycles. The first kappa shape index (κ1) is 18.0. The van der Waals surface area contributed by atoms with E-state index in [1.54, 1.807) is 11.0 Å². The third-order valence-electron chi connectivity index (χ3n) is 4.46. The second-order valence-electron chi connectivity index (χ2n) is 6.45. The lowest BCUT2D eigenvalue weighted by molar-refractivity contribution is -0.0221. The number of H-pyrrole nitrogens is 1. The van der Waals surface area contributed by atoms with Crippen LogP contribution in [0.3, 0.4) is 0 Å². The Labute approximate surface area is 157 Å². The Morgan fingerprint density at radius 2 is 1.96 bits per heavy atom. The second-order valence-corrected chi connectivity index (χ2v) is 6.45. The number of halogens is 3. The molecule has 11 heteroatoms. The monoisotopic (exact) mass is 391 g/mol. The van der Waals surface area contributed by atoms with Gasteiger partial charge in [-0.25, -0.2) is 22.9 Å². The second kappa shape index (κ2) is 6.98. The molecule has 28 heavy (non-hydrogen) atoms. The van der Waals surface area contributed by atoms with Crippen LogP contribution in [0, 0.1) is 5.82 Å². The summed E-state index contributed by atoms with van der Waals surface area (Å²) in [6.07, 6.45) is 2.12. The highest BCUT2D eigenvalue weighted by Gasteiger charge is 2.34. The van der Waals surface area contributed by atoms with Gasteiger partial charge in [-0.05, 0) is 18.2 Å². The molecule has 8 nitrogen and oxygen atoms in total. The lowest BCUT2D eigenvalue weighted by Gasteiger charge is -2.32. The van der Waals surface area contributed by atoms with Gasteiger partial charge >= 0.3 is 6.03 Å². The number of urea groups is 1. The zero-order valence-corrected chi connectivity index (χ0v) is 14.5. The van der Waals surface area contributed by atoms with Gasteiger partial charge in [-0.3, -0.25) is 5.32 Å².